The van der Waals surface area contributed by atoms with Crippen LogP contribution in [-0.2, 0) is 0 Å². The molecule has 5 nitrogen and oxygen atoms in total. The van der Waals surface area contributed by atoms with E-state index in [1.165, 1.54) is 29.3 Å². The van der Waals surface area contributed by atoms with E-state index in [2.05, 4.69) is 4.99 Å². The van der Waals surface area contributed by atoms with Gasteiger partial charge in [0.1, 0.15) is 12.4 Å². The Morgan fingerprint density at radius 1 is 1.40 bits per heavy atom. The van der Waals surface area contributed by atoms with Gasteiger partial charge in [0.25, 0.3) is 5.69 Å². The summed E-state index contributed by atoms with van der Waals surface area (Å²) in [6.07, 6.45) is -2.32. The Kier molecular flexibility index (Phi) is 3.47. The number of halogens is 3. The zero-order valence-corrected chi connectivity index (χ0v) is 10.4. The van der Waals surface area contributed by atoms with E-state index in [1.807, 2.05) is 0 Å². The van der Waals surface area contributed by atoms with Crippen LogP contribution in [0.3, 0.4) is 0 Å². The summed E-state index contributed by atoms with van der Waals surface area (Å²) in [7, 11) is 0. The molecule has 1 aliphatic rings. The van der Waals surface area contributed by atoms with Crippen LogP contribution >= 0.6 is 0 Å². The SMILES string of the molecule is Cc1cc([N+](=O)[O-])ccc1N1C=CC(C(F)(F)F)=NC1. The summed E-state index contributed by atoms with van der Waals surface area (Å²) in [4.78, 5) is 15.0. The van der Waals surface area contributed by atoms with Crippen molar-refractivity contribution in [1.29, 1.82) is 0 Å². The van der Waals surface area contributed by atoms with E-state index < -0.39 is 16.8 Å². The maximum Gasteiger partial charge on any atom is 0.433 e. The minimum absolute atomic E-state index is 0.0632. The molecule has 0 unspecified atom stereocenters. The molecule has 0 radical (unpaired) electrons. The highest BCUT2D eigenvalue weighted by atomic mass is 19.4. The lowest BCUT2D eigenvalue weighted by Crippen LogP contribution is -2.29. The third-order valence-electron chi connectivity index (χ3n) is 2.80. The highest BCUT2D eigenvalue weighted by Gasteiger charge is 2.35. The lowest BCUT2D eigenvalue weighted by atomic mass is 10.1. The van der Waals surface area contributed by atoms with Crippen LogP contribution in [-0.4, -0.2) is 23.5 Å². The van der Waals surface area contributed by atoms with Gasteiger partial charge in [0, 0.05) is 24.0 Å². The molecule has 0 atom stereocenters. The number of hydrogen-bond donors (Lipinski definition) is 0. The van der Waals surface area contributed by atoms with Gasteiger partial charge in [0.2, 0.25) is 0 Å². The van der Waals surface area contributed by atoms with Gasteiger partial charge < -0.3 is 4.90 Å². The number of nitrogens with zero attached hydrogens (tertiary/aromatic N) is 3. The Morgan fingerprint density at radius 2 is 2.10 bits per heavy atom. The number of nitro benzene ring substituents is 1. The lowest BCUT2D eigenvalue weighted by molar-refractivity contribution is -0.384. The van der Waals surface area contributed by atoms with Crippen LogP contribution in [0.2, 0.25) is 0 Å². The number of hydrogen-bond acceptors (Lipinski definition) is 4. The minimum atomic E-state index is -4.47. The van der Waals surface area contributed by atoms with Crippen molar-refractivity contribution >= 4 is 17.1 Å². The van der Waals surface area contributed by atoms with Crippen LogP contribution in [0.25, 0.3) is 0 Å². The molecule has 1 aromatic rings. The molecule has 0 saturated heterocycles. The van der Waals surface area contributed by atoms with Gasteiger partial charge in [-0.05, 0) is 24.6 Å². The van der Waals surface area contributed by atoms with E-state index >= 15 is 0 Å². The third-order valence-corrected chi connectivity index (χ3v) is 2.80. The first kappa shape index (κ1) is 14.0. The van der Waals surface area contributed by atoms with Crippen molar-refractivity contribution in [2.45, 2.75) is 13.1 Å². The molecule has 0 saturated carbocycles. The normalized spacial score (nSPS) is 15.2. The van der Waals surface area contributed by atoms with E-state index in [0.717, 1.165) is 6.08 Å². The molecule has 2 rings (SSSR count). The maximum absolute atomic E-state index is 12.4. The Labute approximate surface area is 112 Å². The van der Waals surface area contributed by atoms with Crippen molar-refractivity contribution in [1.82, 2.24) is 0 Å². The molecule has 1 aliphatic heterocycles. The van der Waals surface area contributed by atoms with Crippen LogP contribution < -0.4 is 4.90 Å². The molecule has 0 aliphatic carbocycles. The molecule has 0 fully saturated rings. The van der Waals surface area contributed by atoms with Gasteiger partial charge in [-0.1, -0.05) is 0 Å². The fraction of sp³-hybridized carbons (Fsp3) is 0.250. The van der Waals surface area contributed by atoms with Gasteiger partial charge in [-0.25, -0.2) is 0 Å². The van der Waals surface area contributed by atoms with Gasteiger partial charge in [-0.2, -0.15) is 13.2 Å². The van der Waals surface area contributed by atoms with E-state index in [-0.39, 0.29) is 12.4 Å². The van der Waals surface area contributed by atoms with Gasteiger partial charge in [-0.3, -0.25) is 15.1 Å². The number of anilines is 1. The van der Waals surface area contributed by atoms with Crippen LogP contribution in [0.15, 0.2) is 35.5 Å². The molecule has 20 heavy (non-hydrogen) atoms. The first-order valence-electron chi connectivity index (χ1n) is 5.60. The summed E-state index contributed by atoms with van der Waals surface area (Å²) < 4.78 is 37.2. The molecule has 1 aromatic carbocycles. The van der Waals surface area contributed by atoms with E-state index in [0.29, 0.717) is 11.3 Å². The molecule has 106 valence electrons. The Hall–Kier alpha value is -2.38. The fourth-order valence-electron chi connectivity index (χ4n) is 1.83. The molecule has 0 N–H and O–H groups in total. The van der Waals surface area contributed by atoms with Crippen LogP contribution in [0.4, 0.5) is 24.5 Å². The Bertz CT molecular complexity index is 608. The lowest BCUT2D eigenvalue weighted by Gasteiger charge is -2.24. The second-order valence-electron chi connectivity index (χ2n) is 4.20. The highest BCUT2D eigenvalue weighted by Crippen LogP contribution is 2.27. The number of rotatable bonds is 2. The van der Waals surface area contributed by atoms with E-state index in [1.54, 1.807) is 6.92 Å². The summed E-state index contributed by atoms with van der Waals surface area (Å²) in [5.74, 6) is 0. The molecule has 0 aromatic heterocycles. The van der Waals surface area contributed by atoms with Crippen molar-refractivity contribution < 1.29 is 18.1 Å². The monoisotopic (exact) mass is 285 g/mol. The van der Waals surface area contributed by atoms with Crippen molar-refractivity contribution in [2.75, 3.05) is 11.6 Å². The average Bonchev–Trinajstić information content (AvgIpc) is 2.37. The Morgan fingerprint density at radius 3 is 2.55 bits per heavy atom. The zero-order chi connectivity index (χ0) is 14.9. The van der Waals surface area contributed by atoms with Crippen molar-refractivity contribution in [3.63, 3.8) is 0 Å². The fourth-order valence-corrected chi connectivity index (χ4v) is 1.83. The van der Waals surface area contributed by atoms with Crippen LogP contribution in [0.5, 0.6) is 0 Å². The quantitative estimate of drug-likeness (QED) is 0.619. The second kappa shape index (κ2) is 4.95. The number of nitro groups is 1. The van der Waals surface area contributed by atoms with Crippen molar-refractivity contribution in [3.05, 3.63) is 46.2 Å². The molecular weight excluding hydrogens is 275 g/mol. The number of allylic oxidation sites excluding steroid dienone is 1. The number of alkyl halides is 3. The van der Waals surface area contributed by atoms with Crippen molar-refractivity contribution in [2.24, 2.45) is 4.99 Å². The number of aliphatic imine (C=N–C) groups is 1. The van der Waals surface area contributed by atoms with Crippen LogP contribution in [0.1, 0.15) is 5.56 Å². The third kappa shape index (κ3) is 2.79. The van der Waals surface area contributed by atoms with Gasteiger partial charge in [-0.15, -0.1) is 0 Å². The summed E-state index contributed by atoms with van der Waals surface area (Å²) in [5, 5.41) is 10.6. The summed E-state index contributed by atoms with van der Waals surface area (Å²) in [6.45, 7) is 1.48. The smallest absolute Gasteiger partial charge is 0.328 e. The molecule has 0 spiro atoms. The first-order valence-corrected chi connectivity index (χ1v) is 5.60. The molecule has 1 heterocycles. The largest absolute Gasteiger partial charge is 0.433 e. The van der Waals surface area contributed by atoms with Gasteiger partial charge >= 0.3 is 6.18 Å². The zero-order valence-electron chi connectivity index (χ0n) is 10.4. The topological polar surface area (TPSA) is 58.7 Å². The minimum Gasteiger partial charge on any atom is -0.328 e. The predicted octanol–water partition coefficient (Wildman–Crippen LogP) is 3.20. The molecular formula is C12H10F3N3O2. The number of non-ortho nitro benzene ring substituents is 1. The van der Waals surface area contributed by atoms with Crippen molar-refractivity contribution in [3.8, 4) is 0 Å². The number of aryl methyl sites for hydroxylation is 1. The standard InChI is InChI=1S/C12H10F3N3O2/c1-8-6-9(18(19)20)2-3-10(8)17-5-4-11(16-7-17)12(13,14)15/h2-6H,7H2,1H3. The highest BCUT2D eigenvalue weighted by molar-refractivity contribution is 6.00. The predicted molar refractivity (Wildman–Crippen MR) is 67.8 cm³/mol. The van der Waals surface area contributed by atoms with E-state index in [9.17, 15) is 23.3 Å². The van der Waals surface area contributed by atoms with Gasteiger partial charge in [0.15, 0.2) is 0 Å². The summed E-state index contributed by atoms with van der Waals surface area (Å²) >= 11 is 0. The summed E-state index contributed by atoms with van der Waals surface area (Å²) in [5.41, 5.74) is 0.173. The molecule has 0 bridgehead atoms. The Balaban J connectivity index is 2.22. The molecule has 0 amide bonds. The number of benzene rings is 1. The van der Waals surface area contributed by atoms with Gasteiger partial charge in [0.05, 0.1) is 4.92 Å². The summed E-state index contributed by atoms with van der Waals surface area (Å²) in [6, 6.07) is 4.16. The second-order valence-corrected chi connectivity index (χ2v) is 4.20. The molecule has 8 heteroatoms. The van der Waals surface area contributed by atoms with E-state index in [4.69, 9.17) is 0 Å². The van der Waals surface area contributed by atoms with Crippen LogP contribution in [0, 0.1) is 17.0 Å². The maximum atomic E-state index is 12.4. The average molecular weight is 285 g/mol. The first-order chi connectivity index (χ1) is 9.29.